The lowest BCUT2D eigenvalue weighted by Gasteiger charge is -2.27. The van der Waals surface area contributed by atoms with Crippen LogP contribution in [-0.4, -0.2) is 22.4 Å². The molecule has 0 aromatic carbocycles. The summed E-state index contributed by atoms with van der Waals surface area (Å²) in [5.74, 6) is 0. The average Bonchev–Trinajstić information content (AvgIpc) is 2.14. The normalized spacial score (nSPS) is 14.2. The highest BCUT2D eigenvalue weighted by molar-refractivity contribution is 5.98. The van der Waals surface area contributed by atoms with Gasteiger partial charge in [-0.1, -0.05) is 32.2 Å². The van der Waals surface area contributed by atoms with Crippen molar-refractivity contribution in [3.8, 4) is 0 Å². The van der Waals surface area contributed by atoms with E-state index in [0.717, 1.165) is 6.42 Å². The van der Waals surface area contributed by atoms with Crippen LogP contribution < -0.4 is 0 Å². The van der Waals surface area contributed by atoms with E-state index < -0.39 is 5.60 Å². The van der Waals surface area contributed by atoms with Gasteiger partial charge in [0.15, 0.2) is 0 Å². The van der Waals surface area contributed by atoms with Crippen molar-refractivity contribution in [2.24, 2.45) is 0 Å². The smallest absolute Gasteiger partial charge is 0.149 e. The van der Waals surface area contributed by atoms with Gasteiger partial charge in [0.05, 0.1) is 0 Å². The van der Waals surface area contributed by atoms with Gasteiger partial charge in [-0.05, 0) is 13.3 Å². The summed E-state index contributed by atoms with van der Waals surface area (Å²) in [7, 11) is 0.687. The maximum Gasteiger partial charge on any atom is 0.149 e. The highest BCUT2D eigenvalue weighted by atomic mass is 28.2. The summed E-state index contributed by atoms with van der Waals surface area (Å²) in [4.78, 5) is 0. The van der Waals surface area contributed by atoms with Gasteiger partial charge in [-0.3, -0.25) is 0 Å². The first-order valence-electron chi connectivity index (χ1n) is 4.09. The van der Waals surface area contributed by atoms with E-state index in [-0.39, 0.29) is 6.29 Å². The Morgan fingerprint density at radius 2 is 2.00 bits per heavy atom. The first kappa shape index (κ1) is 11.6. The van der Waals surface area contributed by atoms with Crippen molar-refractivity contribution >= 4 is 10.5 Å². The van der Waals surface area contributed by atoms with Crippen molar-refractivity contribution in [3.63, 3.8) is 0 Å². The second-order valence-corrected chi connectivity index (χ2v) is 3.25. The molecule has 0 aliphatic rings. The average molecular weight is 186 g/mol. The van der Waals surface area contributed by atoms with Crippen LogP contribution in [0, 0.1) is 0 Å². The standard InChI is InChI=1S/C9H18O2Si/c1-5-8(11-12)10-9(4,6-2)7-3/h6-8H,2-3,5H2,1,4,12H3. The van der Waals surface area contributed by atoms with Gasteiger partial charge in [0.25, 0.3) is 0 Å². The third kappa shape index (κ3) is 3.34. The van der Waals surface area contributed by atoms with Crippen LogP contribution in [0.4, 0.5) is 0 Å². The van der Waals surface area contributed by atoms with Gasteiger partial charge in [0.2, 0.25) is 0 Å². The minimum atomic E-state index is -0.467. The fourth-order valence-corrected chi connectivity index (χ4v) is 1.19. The van der Waals surface area contributed by atoms with Crippen LogP contribution in [-0.2, 0) is 9.16 Å². The molecular weight excluding hydrogens is 168 g/mol. The lowest BCUT2D eigenvalue weighted by Crippen LogP contribution is -2.30. The molecule has 0 N–H and O–H groups in total. The zero-order valence-electron chi connectivity index (χ0n) is 8.17. The van der Waals surface area contributed by atoms with Crippen molar-refractivity contribution in [2.75, 3.05) is 0 Å². The molecule has 12 heavy (non-hydrogen) atoms. The Hall–Kier alpha value is -0.383. The van der Waals surface area contributed by atoms with Gasteiger partial charge in [-0.25, -0.2) is 0 Å². The monoisotopic (exact) mass is 186 g/mol. The van der Waals surface area contributed by atoms with Gasteiger partial charge < -0.3 is 9.16 Å². The molecule has 2 nitrogen and oxygen atoms in total. The van der Waals surface area contributed by atoms with Crippen LogP contribution in [0.15, 0.2) is 25.3 Å². The van der Waals surface area contributed by atoms with Crippen molar-refractivity contribution < 1.29 is 9.16 Å². The van der Waals surface area contributed by atoms with Crippen molar-refractivity contribution in [1.29, 1.82) is 0 Å². The van der Waals surface area contributed by atoms with Crippen LogP contribution in [0.3, 0.4) is 0 Å². The highest BCUT2D eigenvalue weighted by Crippen LogP contribution is 2.17. The Morgan fingerprint density at radius 1 is 1.50 bits per heavy atom. The molecule has 0 aromatic rings. The molecule has 0 aliphatic heterocycles. The summed E-state index contributed by atoms with van der Waals surface area (Å²) in [6, 6.07) is 0. The molecule has 0 spiro atoms. The summed E-state index contributed by atoms with van der Waals surface area (Å²) in [5.41, 5.74) is -0.467. The molecular formula is C9H18O2Si. The molecule has 0 bridgehead atoms. The van der Waals surface area contributed by atoms with E-state index in [2.05, 4.69) is 13.2 Å². The minimum absolute atomic E-state index is 0.127. The maximum absolute atomic E-state index is 5.61. The van der Waals surface area contributed by atoms with Gasteiger partial charge in [0.1, 0.15) is 22.4 Å². The molecule has 0 amide bonds. The van der Waals surface area contributed by atoms with E-state index in [0.29, 0.717) is 10.5 Å². The Labute approximate surface area is 77.8 Å². The summed E-state index contributed by atoms with van der Waals surface area (Å²) in [6.45, 7) is 11.3. The fourth-order valence-electron chi connectivity index (χ4n) is 0.761. The second kappa shape index (κ2) is 5.30. The number of hydrogen-bond acceptors (Lipinski definition) is 2. The summed E-state index contributed by atoms with van der Waals surface area (Å²) in [5, 5.41) is 0. The molecule has 0 heterocycles. The van der Waals surface area contributed by atoms with E-state index in [9.17, 15) is 0 Å². The molecule has 0 aromatic heterocycles. The van der Waals surface area contributed by atoms with Gasteiger partial charge >= 0.3 is 0 Å². The first-order chi connectivity index (χ1) is 5.61. The van der Waals surface area contributed by atoms with Gasteiger partial charge in [0, 0.05) is 0 Å². The molecule has 0 fully saturated rings. The maximum atomic E-state index is 5.61. The molecule has 70 valence electrons. The van der Waals surface area contributed by atoms with E-state index >= 15 is 0 Å². The van der Waals surface area contributed by atoms with E-state index in [1.165, 1.54) is 0 Å². The number of hydrogen-bond donors (Lipinski definition) is 0. The Bertz CT molecular complexity index is 145. The highest BCUT2D eigenvalue weighted by Gasteiger charge is 2.20. The zero-order chi connectivity index (χ0) is 9.61. The first-order valence-corrected chi connectivity index (χ1v) is 4.91. The largest absolute Gasteiger partial charge is 0.404 e. The third-order valence-corrected chi connectivity index (χ3v) is 2.32. The van der Waals surface area contributed by atoms with Crippen LogP contribution in [0.2, 0.25) is 0 Å². The van der Waals surface area contributed by atoms with Crippen LogP contribution in [0.5, 0.6) is 0 Å². The molecule has 1 unspecified atom stereocenters. The second-order valence-electron chi connectivity index (χ2n) is 2.78. The number of rotatable bonds is 6. The number of ether oxygens (including phenoxy) is 1. The van der Waals surface area contributed by atoms with E-state index in [1.54, 1.807) is 12.2 Å². The van der Waals surface area contributed by atoms with E-state index in [1.807, 2.05) is 13.8 Å². The summed E-state index contributed by atoms with van der Waals surface area (Å²) >= 11 is 0. The quantitative estimate of drug-likeness (QED) is 0.352. The van der Waals surface area contributed by atoms with Gasteiger partial charge in [-0.15, -0.1) is 0 Å². The van der Waals surface area contributed by atoms with Crippen molar-refractivity contribution in [3.05, 3.63) is 25.3 Å². The van der Waals surface area contributed by atoms with Gasteiger partial charge in [-0.2, -0.15) is 0 Å². The molecule has 1 atom stereocenters. The van der Waals surface area contributed by atoms with Crippen LogP contribution >= 0.6 is 0 Å². The molecule has 3 heteroatoms. The Kier molecular flexibility index (Phi) is 5.13. The Balaban J connectivity index is 4.17. The van der Waals surface area contributed by atoms with E-state index in [4.69, 9.17) is 9.16 Å². The Morgan fingerprint density at radius 3 is 2.25 bits per heavy atom. The topological polar surface area (TPSA) is 18.5 Å². The minimum Gasteiger partial charge on any atom is -0.404 e. The van der Waals surface area contributed by atoms with Crippen molar-refractivity contribution in [1.82, 2.24) is 0 Å². The molecule has 0 saturated carbocycles. The van der Waals surface area contributed by atoms with Crippen molar-refractivity contribution in [2.45, 2.75) is 32.2 Å². The summed E-state index contributed by atoms with van der Waals surface area (Å²) in [6.07, 6.45) is 4.17. The lowest BCUT2D eigenvalue weighted by atomic mass is 10.1. The third-order valence-electron chi connectivity index (χ3n) is 1.79. The molecule has 0 aliphatic carbocycles. The predicted molar refractivity (Wildman–Crippen MR) is 55.0 cm³/mol. The SMILES string of the molecule is C=CC(C)(C=C)OC(CC)O[SiH3]. The predicted octanol–water partition coefficient (Wildman–Crippen LogP) is 1.17. The fraction of sp³-hybridized carbons (Fsp3) is 0.556. The van der Waals surface area contributed by atoms with Crippen LogP contribution in [0.25, 0.3) is 0 Å². The summed E-state index contributed by atoms with van der Waals surface area (Å²) < 4.78 is 10.8. The lowest BCUT2D eigenvalue weighted by molar-refractivity contribution is -0.126. The molecule has 0 radical (unpaired) electrons. The van der Waals surface area contributed by atoms with Crippen LogP contribution in [0.1, 0.15) is 20.3 Å². The molecule has 0 saturated heterocycles. The zero-order valence-corrected chi connectivity index (χ0v) is 10.2. The molecule has 0 rings (SSSR count).